The van der Waals surface area contributed by atoms with E-state index < -0.39 is 0 Å². The molecule has 4 rings (SSSR count). The molecule has 134 valence electrons. The van der Waals surface area contributed by atoms with E-state index in [-0.39, 0.29) is 0 Å². The van der Waals surface area contributed by atoms with Crippen LogP contribution in [0.4, 0.5) is 0 Å². The number of benzene rings is 1. The van der Waals surface area contributed by atoms with Crippen LogP contribution in [0.25, 0.3) is 22.5 Å². The highest BCUT2D eigenvalue weighted by atomic mass is 15.1. The van der Waals surface area contributed by atoms with Crippen molar-refractivity contribution in [2.75, 3.05) is 19.6 Å². The number of rotatable bonds is 7. The Labute approximate surface area is 155 Å². The third-order valence-electron chi connectivity index (χ3n) is 5.16. The van der Waals surface area contributed by atoms with Crippen LogP contribution in [0.15, 0.2) is 61.2 Å². The summed E-state index contributed by atoms with van der Waals surface area (Å²) in [6.07, 6.45) is 10.9. The molecule has 4 heteroatoms. The lowest BCUT2D eigenvalue weighted by atomic mass is 10.1. The normalized spacial score (nSPS) is 14.8. The van der Waals surface area contributed by atoms with Crippen LogP contribution in [0.2, 0.25) is 0 Å². The van der Waals surface area contributed by atoms with Crippen LogP contribution in [0.1, 0.15) is 25.7 Å². The van der Waals surface area contributed by atoms with E-state index in [4.69, 9.17) is 4.98 Å². The summed E-state index contributed by atoms with van der Waals surface area (Å²) < 4.78 is 2.31. The molecule has 2 aromatic heterocycles. The average molecular weight is 346 g/mol. The van der Waals surface area contributed by atoms with Gasteiger partial charge in [0.25, 0.3) is 0 Å². The molecule has 0 N–H and O–H groups in total. The van der Waals surface area contributed by atoms with Crippen molar-refractivity contribution in [2.45, 2.75) is 32.2 Å². The molecule has 0 saturated carbocycles. The summed E-state index contributed by atoms with van der Waals surface area (Å²) in [5.41, 5.74) is 4.59. The van der Waals surface area contributed by atoms with Crippen molar-refractivity contribution in [3.8, 4) is 22.5 Å². The molecule has 1 saturated heterocycles. The predicted octanol–water partition coefficient (Wildman–Crippen LogP) is 4.49. The molecule has 4 nitrogen and oxygen atoms in total. The first kappa shape index (κ1) is 17.0. The molecule has 0 radical (unpaired) electrons. The summed E-state index contributed by atoms with van der Waals surface area (Å²) in [5.74, 6) is 0. The minimum absolute atomic E-state index is 1.01. The number of pyridine rings is 1. The highest BCUT2D eigenvalue weighted by Crippen LogP contribution is 2.31. The largest absolute Gasteiger partial charge is 0.330 e. The third-order valence-corrected chi connectivity index (χ3v) is 5.16. The first-order valence-corrected chi connectivity index (χ1v) is 9.65. The molecule has 0 atom stereocenters. The van der Waals surface area contributed by atoms with Gasteiger partial charge in [0.05, 0.1) is 17.7 Å². The molecule has 3 aromatic rings. The van der Waals surface area contributed by atoms with E-state index in [1.807, 2.05) is 24.8 Å². The predicted molar refractivity (Wildman–Crippen MR) is 106 cm³/mol. The third kappa shape index (κ3) is 3.86. The van der Waals surface area contributed by atoms with E-state index in [9.17, 15) is 0 Å². The highest BCUT2D eigenvalue weighted by Gasteiger charge is 2.15. The van der Waals surface area contributed by atoms with E-state index in [0.717, 1.165) is 17.8 Å². The Morgan fingerprint density at radius 2 is 1.54 bits per heavy atom. The number of aryl methyl sites for hydroxylation is 1. The van der Waals surface area contributed by atoms with Gasteiger partial charge in [0, 0.05) is 30.1 Å². The lowest BCUT2D eigenvalue weighted by Gasteiger charge is -2.15. The Hall–Kier alpha value is -2.46. The quantitative estimate of drug-likeness (QED) is 0.591. The van der Waals surface area contributed by atoms with Gasteiger partial charge in [0.2, 0.25) is 0 Å². The fraction of sp³-hybridized carbons (Fsp3) is 0.364. The summed E-state index contributed by atoms with van der Waals surface area (Å²) in [5, 5.41) is 0. The molecule has 1 aliphatic rings. The van der Waals surface area contributed by atoms with E-state index in [1.165, 1.54) is 56.6 Å². The van der Waals surface area contributed by atoms with Crippen molar-refractivity contribution in [1.82, 2.24) is 19.4 Å². The molecule has 3 heterocycles. The smallest absolute Gasteiger partial charge is 0.0963 e. The fourth-order valence-electron chi connectivity index (χ4n) is 3.80. The topological polar surface area (TPSA) is 34.0 Å². The lowest BCUT2D eigenvalue weighted by Crippen LogP contribution is -2.20. The summed E-state index contributed by atoms with van der Waals surface area (Å²) in [6.45, 7) is 4.80. The summed E-state index contributed by atoms with van der Waals surface area (Å²) in [4.78, 5) is 11.5. The maximum absolute atomic E-state index is 4.75. The van der Waals surface area contributed by atoms with Gasteiger partial charge in [0.1, 0.15) is 0 Å². The Morgan fingerprint density at radius 3 is 2.31 bits per heavy atom. The minimum atomic E-state index is 1.01. The van der Waals surface area contributed by atoms with Crippen molar-refractivity contribution >= 4 is 0 Å². The Bertz CT molecular complexity index is 805. The molecular weight excluding hydrogens is 320 g/mol. The maximum atomic E-state index is 4.75. The number of unbranched alkanes of at least 4 members (excludes halogenated alkanes) is 1. The number of imidazole rings is 1. The van der Waals surface area contributed by atoms with Crippen molar-refractivity contribution in [3.05, 3.63) is 61.2 Å². The zero-order valence-corrected chi connectivity index (χ0v) is 15.2. The molecule has 0 aliphatic carbocycles. The molecule has 0 bridgehead atoms. The number of nitrogens with zero attached hydrogens (tertiary/aromatic N) is 4. The van der Waals surface area contributed by atoms with Crippen molar-refractivity contribution in [1.29, 1.82) is 0 Å². The second-order valence-corrected chi connectivity index (χ2v) is 6.99. The van der Waals surface area contributed by atoms with Gasteiger partial charge in [-0.15, -0.1) is 0 Å². The van der Waals surface area contributed by atoms with Crippen LogP contribution in [0.3, 0.4) is 0 Å². The molecule has 0 unspecified atom stereocenters. The van der Waals surface area contributed by atoms with Gasteiger partial charge in [-0.05, 0) is 57.5 Å². The van der Waals surface area contributed by atoms with Crippen LogP contribution in [-0.2, 0) is 6.54 Å². The zero-order chi connectivity index (χ0) is 17.6. The van der Waals surface area contributed by atoms with Crippen molar-refractivity contribution in [2.24, 2.45) is 0 Å². The first-order chi connectivity index (χ1) is 12.9. The molecule has 1 aromatic carbocycles. The van der Waals surface area contributed by atoms with Crippen LogP contribution in [-0.4, -0.2) is 39.1 Å². The van der Waals surface area contributed by atoms with Gasteiger partial charge < -0.3 is 9.47 Å². The van der Waals surface area contributed by atoms with Gasteiger partial charge >= 0.3 is 0 Å². The second kappa shape index (κ2) is 8.28. The number of likely N-dealkylation sites (tertiary alicyclic amines) is 1. The number of hydrogen-bond donors (Lipinski definition) is 0. The second-order valence-electron chi connectivity index (χ2n) is 6.99. The first-order valence-electron chi connectivity index (χ1n) is 9.65. The van der Waals surface area contributed by atoms with Crippen molar-refractivity contribution in [3.63, 3.8) is 0 Å². The van der Waals surface area contributed by atoms with Crippen LogP contribution < -0.4 is 0 Å². The molecular formula is C22H26N4. The summed E-state index contributed by atoms with van der Waals surface area (Å²) in [7, 11) is 0. The highest BCUT2D eigenvalue weighted by molar-refractivity contribution is 5.78. The monoisotopic (exact) mass is 346 g/mol. The molecule has 26 heavy (non-hydrogen) atoms. The SMILES string of the molecule is c1ccc(-c2ncn(CCCCN3CCCC3)c2-c2ccncc2)cc1. The van der Waals surface area contributed by atoms with Crippen LogP contribution in [0, 0.1) is 0 Å². The van der Waals surface area contributed by atoms with E-state index >= 15 is 0 Å². The maximum Gasteiger partial charge on any atom is 0.0963 e. The van der Waals surface area contributed by atoms with Gasteiger partial charge in [-0.2, -0.15) is 0 Å². The lowest BCUT2D eigenvalue weighted by molar-refractivity contribution is 0.326. The van der Waals surface area contributed by atoms with Gasteiger partial charge in [-0.25, -0.2) is 4.98 Å². The van der Waals surface area contributed by atoms with E-state index in [2.05, 4.69) is 50.8 Å². The van der Waals surface area contributed by atoms with Gasteiger partial charge in [0.15, 0.2) is 0 Å². The molecule has 0 amide bonds. The van der Waals surface area contributed by atoms with Gasteiger partial charge in [-0.3, -0.25) is 4.98 Å². The van der Waals surface area contributed by atoms with Crippen LogP contribution in [0.5, 0.6) is 0 Å². The Morgan fingerprint density at radius 1 is 0.808 bits per heavy atom. The minimum Gasteiger partial charge on any atom is -0.330 e. The fourth-order valence-corrected chi connectivity index (χ4v) is 3.80. The standard InChI is InChI=1S/C22H26N4/c1-2-8-19(9-3-1)21-22(20-10-12-23-13-11-20)26(18-24-21)17-7-6-16-25-14-4-5-15-25/h1-3,8-13,18H,4-7,14-17H2. The molecule has 0 spiro atoms. The van der Waals surface area contributed by atoms with Crippen LogP contribution >= 0.6 is 0 Å². The van der Waals surface area contributed by atoms with E-state index in [1.54, 1.807) is 0 Å². The molecule has 1 aliphatic heterocycles. The average Bonchev–Trinajstić information content (AvgIpc) is 3.36. The van der Waals surface area contributed by atoms with E-state index in [0.29, 0.717) is 0 Å². The molecule has 1 fully saturated rings. The van der Waals surface area contributed by atoms with Crippen molar-refractivity contribution < 1.29 is 0 Å². The number of aromatic nitrogens is 3. The summed E-state index contributed by atoms with van der Waals surface area (Å²) >= 11 is 0. The number of hydrogen-bond acceptors (Lipinski definition) is 3. The van der Waals surface area contributed by atoms with Gasteiger partial charge in [-0.1, -0.05) is 30.3 Å². The Kier molecular flexibility index (Phi) is 5.41. The Balaban J connectivity index is 1.53. The summed E-state index contributed by atoms with van der Waals surface area (Å²) in [6, 6.07) is 14.6. The zero-order valence-electron chi connectivity index (χ0n) is 15.2.